The van der Waals surface area contributed by atoms with Gasteiger partial charge in [0.15, 0.2) is 0 Å². The predicted octanol–water partition coefficient (Wildman–Crippen LogP) is 3.46. The van der Waals surface area contributed by atoms with Crippen LogP contribution >= 0.6 is 23.2 Å². The highest BCUT2D eigenvalue weighted by Gasteiger charge is 2.38. The summed E-state index contributed by atoms with van der Waals surface area (Å²) < 4.78 is 5.45. The first-order valence-electron chi connectivity index (χ1n) is 18.4. The van der Waals surface area contributed by atoms with E-state index in [1.165, 1.54) is 9.80 Å². The highest BCUT2D eigenvalue weighted by molar-refractivity contribution is 6.18. The van der Waals surface area contributed by atoms with Crippen molar-refractivity contribution < 1.29 is 33.5 Å². The average molecular weight is 791 g/mol. The van der Waals surface area contributed by atoms with E-state index in [0.717, 1.165) is 11.3 Å². The van der Waals surface area contributed by atoms with Crippen molar-refractivity contribution in [3.8, 4) is 0 Å². The number of hydrogen-bond acceptors (Lipinski definition) is 8. The molecule has 294 valence electrons. The number of carbonyl (C=O) groups is 6. The van der Waals surface area contributed by atoms with Gasteiger partial charge in [-0.2, -0.15) is 0 Å². The Bertz CT molecular complexity index is 1580. The van der Waals surface area contributed by atoms with Crippen LogP contribution in [0.2, 0.25) is 0 Å². The van der Waals surface area contributed by atoms with Crippen LogP contribution in [0.1, 0.15) is 51.5 Å². The van der Waals surface area contributed by atoms with E-state index in [4.69, 9.17) is 27.9 Å². The van der Waals surface area contributed by atoms with Crippen LogP contribution in [-0.4, -0.2) is 115 Å². The van der Waals surface area contributed by atoms with Gasteiger partial charge in [0.05, 0.1) is 13.1 Å². The number of nitrogens with one attached hydrogen (secondary N) is 4. The number of nitrogens with zero attached hydrogens (tertiary/aromatic N) is 3. The van der Waals surface area contributed by atoms with Crippen LogP contribution in [0, 0.1) is 5.92 Å². The zero-order valence-electron chi connectivity index (χ0n) is 30.9. The fourth-order valence-corrected chi connectivity index (χ4v) is 6.98. The van der Waals surface area contributed by atoms with E-state index in [9.17, 15) is 28.8 Å². The molecule has 3 atom stereocenters. The highest BCUT2D eigenvalue weighted by atomic mass is 35.5. The van der Waals surface area contributed by atoms with Gasteiger partial charge in [-0.25, -0.2) is 4.79 Å². The van der Waals surface area contributed by atoms with Crippen LogP contribution in [-0.2, 0) is 35.3 Å². The maximum Gasteiger partial charge on any atom is 0.410 e. The van der Waals surface area contributed by atoms with Gasteiger partial charge in [-0.1, -0.05) is 44.2 Å². The molecule has 4 rings (SSSR count). The van der Waals surface area contributed by atoms with E-state index in [1.54, 1.807) is 12.1 Å². The minimum absolute atomic E-state index is 0.0306. The van der Waals surface area contributed by atoms with Crippen LogP contribution in [0.5, 0.6) is 0 Å². The van der Waals surface area contributed by atoms with Crippen molar-refractivity contribution in [2.75, 3.05) is 61.2 Å². The van der Waals surface area contributed by atoms with Crippen LogP contribution in [0.25, 0.3) is 0 Å². The Kier molecular flexibility index (Phi) is 16.7. The Morgan fingerprint density at radius 1 is 0.833 bits per heavy atom. The topological polar surface area (TPSA) is 169 Å². The summed E-state index contributed by atoms with van der Waals surface area (Å²) in [6, 6.07) is 13.9. The third-order valence-corrected chi connectivity index (χ3v) is 9.61. The van der Waals surface area contributed by atoms with Gasteiger partial charge in [0.25, 0.3) is 0 Å². The Balaban J connectivity index is 1.24. The van der Waals surface area contributed by atoms with Crippen LogP contribution in [0.15, 0.2) is 54.6 Å². The monoisotopic (exact) mass is 789 g/mol. The molecule has 2 saturated heterocycles. The van der Waals surface area contributed by atoms with Gasteiger partial charge >= 0.3 is 6.09 Å². The molecule has 2 aliphatic rings. The molecule has 4 N–H and O–H groups in total. The zero-order valence-corrected chi connectivity index (χ0v) is 32.4. The van der Waals surface area contributed by atoms with Crippen molar-refractivity contribution in [3.63, 3.8) is 0 Å². The lowest BCUT2D eigenvalue weighted by atomic mass is 10.0. The third kappa shape index (κ3) is 12.5. The highest BCUT2D eigenvalue weighted by Crippen LogP contribution is 2.21. The molecule has 0 aromatic heterocycles. The number of ether oxygens (including phenoxy) is 1. The molecule has 0 saturated carbocycles. The van der Waals surface area contributed by atoms with Gasteiger partial charge in [0.2, 0.25) is 29.5 Å². The molecule has 0 bridgehead atoms. The number of alkyl halides is 2. The molecular formula is C38H51Cl2N7O7. The number of halogens is 2. The minimum atomic E-state index is -0.948. The number of anilines is 2. The lowest BCUT2D eigenvalue weighted by Gasteiger charge is -2.27. The maximum atomic E-state index is 13.4. The largest absolute Gasteiger partial charge is 0.445 e. The smallest absolute Gasteiger partial charge is 0.410 e. The first kappa shape index (κ1) is 42.2. The fourth-order valence-electron chi connectivity index (χ4n) is 6.58. The maximum absolute atomic E-state index is 13.4. The SMILES string of the molecule is CC(C)C[C@H](NC(=O)[C@@H]1CCCN1C(=O)O[14CH2]c1ccccc1)C(=O)NCC(=O)N1CCC[C@H]1C(=O)NCC(=O)Nc1ccc(N(CCCl)CCCl)cc1. The predicted molar refractivity (Wildman–Crippen MR) is 207 cm³/mol. The summed E-state index contributed by atoms with van der Waals surface area (Å²) in [5.74, 6) is -1.44. The molecule has 0 unspecified atom stereocenters. The summed E-state index contributed by atoms with van der Waals surface area (Å²) in [5.41, 5.74) is 2.29. The Morgan fingerprint density at radius 2 is 1.46 bits per heavy atom. The first-order valence-corrected chi connectivity index (χ1v) is 19.5. The molecule has 54 heavy (non-hydrogen) atoms. The van der Waals surface area contributed by atoms with Gasteiger partial charge in [-0.15, -0.1) is 23.2 Å². The van der Waals surface area contributed by atoms with Crippen LogP contribution < -0.4 is 26.2 Å². The quantitative estimate of drug-likeness (QED) is 0.167. The molecule has 16 heteroatoms. The second kappa shape index (κ2) is 21.4. The van der Waals surface area contributed by atoms with E-state index in [1.807, 2.05) is 61.2 Å². The second-order valence-corrected chi connectivity index (χ2v) is 14.5. The molecule has 0 radical (unpaired) electrons. The van der Waals surface area contributed by atoms with Crippen molar-refractivity contribution in [1.82, 2.24) is 25.8 Å². The van der Waals surface area contributed by atoms with E-state index < -0.39 is 53.8 Å². The van der Waals surface area contributed by atoms with Gasteiger partial charge in [-0.05, 0) is 67.9 Å². The number of amides is 6. The fraction of sp³-hybridized carbons (Fsp3) is 0.526. The normalized spacial score (nSPS) is 17.1. The van der Waals surface area contributed by atoms with Gasteiger partial charge in [0.1, 0.15) is 24.7 Å². The molecule has 2 aromatic carbocycles. The first-order chi connectivity index (χ1) is 26.0. The summed E-state index contributed by atoms with van der Waals surface area (Å²) in [5, 5.41) is 10.8. The summed E-state index contributed by atoms with van der Waals surface area (Å²) >= 11 is 11.8. The molecule has 2 fully saturated rings. The molecule has 6 amide bonds. The Labute approximate surface area is 326 Å². The standard InChI is InChI=1S/C38H51Cl2N7O7/c1-26(2)22-30(44-37(52)32-11-7-19-47(32)38(53)54-25-27-8-4-3-5-9-27)35(50)42-24-34(49)46-18-6-10-31(46)36(51)41-23-33(48)43-28-12-14-29(15-13-28)45(20-16-39)21-17-40/h3-5,8-9,12-15,26,30-32H,6-7,10-11,16-25H2,1-2H3,(H,41,51)(H,42,50)(H,43,48)(H,44,52)/t30-,31-,32-/m0/s1/i25+2. The van der Waals surface area contributed by atoms with Crippen LogP contribution in [0.3, 0.4) is 0 Å². The van der Waals surface area contributed by atoms with Crippen molar-refractivity contribution in [1.29, 1.82) is 0 Å². The van der Waals surface area contributed by atoms with E-state index in [0.29, 0.717) is 75.7 Å². The number of hydrogen-bond donors (Lipinski definition) is 4. The van der Waals surface area contributed by atoms with Gasteiger partial charge in [0, 0.05) is 49.3 Å². The summed E-state index contributed by atoms with van der Waals surface area (Å²) in [4.78, 5) is 83.4. The summed E-state index contributed by atoms with van der Waals surface area (Å²) in [6.45, 7) is 5.16. The van der Waals surface area contributed by atoms with E-state index in [2.05, 4.69) is 21.3 Å². The van der Waals surface area contributed by atoms with Gasteiger partial charge in [-0.3, -0.25) is 28.9 Å². The Hall–Kier alpha value is -4.56. The summed E-state index contributed by atoms with van der Waals surface area (Å²) in [7, 11) is 0. The minimum Gasteiger partial charge on any atom is -0.445 e. The molecule has 0 aliphatic carbocycles. The number of benzene rings is 2. The molecule has 2 heterocycles. The van der Waals surface area contributed by atoms with E-state index in [-0.39, 0.29) is 25.6 Å². The van der Waals surface area contributed by atoms with Crippen molar-refractivity contribution in [3.05, 3.63) is 60.2 Å². The molecule has 2 aliphatic heterocycles. The zero-order chi connectivity index (χ0) is 39.0. The van der Waals surface area contributed by atoms with Crippen molar-refractivity contribution in [2.45, 2.75) is 70.7 Å². The van der Waals surface area contributed by atoms with Gasteiger partial charge < -0.3 is 35.8 Å². The molecular weight excluding hydrogens is 739 g/mol. The second-order valence-electron chi connectivity index (χ2n) is 13.7. The Morgan fingerprint density at radius 3 is 2.09 bits per heavy atom. The summed E-state index contributed by atoms with van der Waals surface area (Å²) in [6.07, 6.45) is 1.74. The lowest BCUT2D eigenvalue weighted by molar-refractivity contribution is -0.139. The van der Waals surface area contributed by atoms with Crippen molar-refractivity contribution >= 4 is 70.2 Å². The number of likely N-dealkylation sites (tertiary alicyclic amines) is 2. The van der Waals surface area contributed by atoms with E-state index >= 15 is 0 Å². The lowest BCUT2D eigenvalue weighted by Crippen LogP contribution is -2.55. The van der Waals surface area contributed by atoms with Crippen molar-refractivity contribution in [2.24, 2.45) is 5.92 Å². The van der Waals surface area contributed by atoms with Crippen LogP contribution in [0.4, 0.5) is 16.2 Å². The number of carbonyl (C=O) groups excluding carboxylic acids is 6. The molecule has 14 nitrogen and oxygen atoms in total. The average Bonchev–Trinajstić information content (AvgIpc) is 3.87. The number of rotatable bonds is 18. The third-order valence-electron chi connectivity index (χ3n) is 9.27. The molecule has 0 spiro atoms. The molecule has 2 aromatic rings.